The van der Waals surface area contributed by atoms with Gasteiger partial charge in [0.2, 0.25) is 0 Å². The van der Waals surface area contributed by atoms with Crippen LogP contribution in [0.15, 0.2) is 11.6 Å². The number of halogens is 1. The van der Waals surface area contributed by atoms with E-state index in [1.54, 1.807) is 0 Å². The first-order valence-electron chi connectivity index (χ1n) is 19.1. The van der Waals surface area contributed by atoms with Crippen LogP contribution >= 0.6 is 22.6 Å². The standard InChI is InChI=1S/C41H74IN/c1-12-14-29(2)20-25-38(6,7)26-21-30-22-27-40(9)34-23-28-39(8)31(15-13-24-37(3,4)5)16-18-33(39)32(34)17-19-35(40)36(30)41(10,42)43-11/h19,29-34,36,43H,12-18,20-28H2,1-11H3. The average molecular weight is 708 g/mol. The van der Waals surface area contributed by atoms with Crippen molar-refractivity contribution in [3.8, 4) is 0 Å². The number of hydrogen-bond donors (Lipinski definition) is 1. The van der Waals surface area contributed by atoms with Gasteiger partial charge in [0.15, 0.2) is 0 Å². The Bertz CT molecular complexity index is 940. The monoisotopic (exact) mass is 707 g/mol. The molecule has 0 amide bonds. The Kier molecular flexibility index (Phi) is 11.7. The minimum atomic E-state index is 0.122. The molecule has 2 heteroatoms. The fourth-order valence-electron chi connectivity index (χ4n) is 11.5. The number of allylic oxidation sites excluding steroid dienone is 1. The van der Waals surface area contributed by atoms with Gasteiger partial charge in [0, 0.05) is 5.92 Å². The van der Waals surface area contributed by atoms with Gasteiger partial charge in [-0.15, -0.1) is 0 Å². The molecule has 250 valence electrons. The molecule has 1 nitrogen and oxygen atoms in total. The van der Waals surface area contributed by atoms with E-state index in [1.807, 2.05) is 5.57 Å². The van der Waals surface area contributed by atoms with E-state index in [0.717, 1.165) is 35.5 Å². The highest BCUT2D eigenvalue weighted by molar-refractivity contribution is 14.1. The molecule has 10 atom stereocenters. The molecule has 0 spiro atoms. The molecule has 0 bridgehead atoms. The summed E-state index contributed by atoms with van der Waals surface area (Å²) in [5.74, 6) is 6.12. The molecule has 0 aromatic carbocycles. The second-order valence-electron chi connectivity index (χ2n) is 19.2. The third-order valence-corrected chi connectivity index (χ3v) is 15.6. The summed E-state index contributed by atoms with van der Waals surface area (Å²) in [6.45, 7) is 25.2. The van der Waals surface area contributed by atoms with Crippen LogP contribution in [0.1, 0.15) is 172 Å². The fraction of sp³-hybridized carbons (Fsp3) is 0.951. The lowest BCUT2D eigenvalue weighted by atomic mass is 9.45. The smallest absolute Gasteiger partial charge is 0.0743 e. The summed E-state index contributed by atoms with van der Waals surface area (Å²) >= 11 is 2.81. The lowest BCUT2D eigenvalue weighted by Crippen LogP contribution is -2.56. The summed E-state index contributed by atoms with van der Waals surface area (Å²) in [4.78, 5) is 0. The van der Waals surface area contributed by atoms with Crippen molar-refractivity contribution in [1.82, 2.24) is 5.32 Å². The Morgan fingerprint density at radius 1 is 0.907 bits per heavy atom. The van der Waals surface area contributed by atoms with E-state index in [1.165, 1.54) is 103 Å². The molecular weight excluding hydrogens is 633 g/mol. The zero-order valence-corrected chi connectivity index (χ0v) is 33.0. The van der Waals surface area contributed by atoms with Crippen LogP contribution in [0.25, 0.3) is 0 Å². The number of fused-ring (bicyclic) bond motifs is 5. The average Bonchev–Trinajstić information content (AvgIpc) is 3.26. The van der Waals surface area contributed by atoms with Crippen molar-refractivity contribution in [2.45, 2.75) is 176 Å². The van der Waals surface area contributed by atoms with Gasteiger partial charge in [-0.1, -0.05) is 122 Å². The molecule has 3 fully saturated rings. The van der Waals surface area contributed by atoms with Gasteiger partial charge in [-0.05, 0) is 148 Å². The van der Waals surface area contributed by atoms with Crippen molar-refractivity contribution >= 4 is 22.6 Å². The summed E-state index contributed by atoms with van der Waals surface area (Å²) in [5.41, 5.74) is 3.83. The van der Waals surface area contributed by atoms with Crippen molar-refractivity contribution in [2.75, 3.05) is 7.05 Å². The maximum absolute atomic E-state index is 3.84. The second kappa shape index (κ2) is 13.9. The van der Waals surface area contributed by atoms with Gasteiger partial charge >= 0.3 is 0 Å². The van der Waals surface area contributed by atoms with Crippen molar-refractivity contribution < 1.29 is 0 Å². The SMILES string of the molecule is CCCC(C)CCC(C)(C)CCC1CCC2(C)C(=CCC3C2CCC2(C)C(CCCC(C)(C)C)CCC32)C1C(C)(I)NC. The Hall–Kier alpha value is 0.430. The highest BCUT2D eigenvalue weighted by atomic mass is 127. The van der Waals surface area contributed by atoms with Crippen molar-refractivity contribution in [1.29, 1.82) is 0 Å². The van der Waals surface area contributed by atoms with E-state index in [0.29, 0.717) is 27.6 Å². The van der Waals surface area contributed by atoms with E-state index in [4.69, 9.17) is 0 Å². The topological polar surface area (TPSA) is 12.0 Å². The van der Waals surface area contributed by atoms with Crippen LogP contribution in [-0.4, -0.2) is 10.6 Å². The predicted molar refractivity (Wildman–Crippen MR) is 199 cm³/mol. The molecule has 4 rings (SSSR count). The van der Waals surface area contributed by atoms with E-state index in [2.05, 4.69) is 110 Å². The van der Waals surface area contributed by atoms with Crippen molar-refractivity contribution in [2.24, 2.45) is 63.1 Å². The molecule has 3 saturated carbocycles. The molecule has 0 radical (unpaired) electrons. The summed E-state index contributed by atoms with van der Waals surface area (Å²) in [6, 6.07) is 0. The fourth-order valence-corrected chi connectivity index (χ4v) is 12.3. The van der Waals surface area contributed by atoms with Gasteiger partial charge < -0.3 is 5.32 Å². The number of rotatable bonds is 13. The van der Waals surface area contributed by atoms with Crippen molar-refractivity contribution in [3.63, 3.8) is 0 Å². The van der Waals surface area contributed by atoms with Gasteiger partial charge in [-0.2, -0.15) is 0 Å². The molecule has 0 aliphatic heterocycles. The molecular formula is C41H74IN. The molecule has 4 aliphatic carbocycles. The third kappa shape index (κ3) is 7.95. The normalized spacial score (nSPS) is 38.5. The number of hydrogen-bond acceptors (Lipinski definition) is 1. The van der Waals surface area contributed by atoms with Crippen molar-refractivity contribution in [3.05, 3.63) is 11.6 Å². The highest BCUT2D eigenvalue weighted by Gasteiger charge is 2.60. The van der Waals surface area contributed by atoms with Crippen LogP contribution in [0.4, 0.5) is 0 Å². The molecule has 10 unspecified atom stereocenters. The first kappa shape index (κ1) is 36.3. The summed E-state index contributed by atoms with van der Waals surface area (Å²) in [5, 5.41) is 3.84. The summed E-state index contributed by atoms with van der Waals surface area (Å²) in [6.07, 6.45) is 25.7. The lowest BCUT2D eigenvalue weighted by molar-refractivity contribution is -0.0546. The predicted octanol–water partition coefficient (Wildman–Crippen LogP) is 13.0. The van der Waals surface area contributed by atoms with Gasteiger partial charge in [0.25, 0.3) is 0 Å². The maximum atomic E-state index is 3.84. The molecule has 0 aromatic rings. The van der Waals surface area contributed by atoms with Gasteiger partial charge in [0.1, 0.15) is 0 Å². The van der Waals surface area contributed by atoms with E-state index >= 15 is 0 Å². The Morgan fingerprint density at radius 3 is 2.28 bits per heavy atom. The van der Waals surface area contributed by atoms with Crippen LogP contribution < -0.4 is 5.32 Å². The van der Waals surface area contributed by atoms with Crippen LogP contribution in [0.5, 0.6) is 0 Å². The first-order valence-corrected chi connectivity index (χ1v) is 20.1. The molecule has 43 heavy (non-hydrogen) atoms. The molecule has 0 aromatic heterocycles. The second-order valence-corrected chi connectivity index (χ2v) is 21.4. The maximum Gasteiger partial charge on any atom is 0.0743 e. The van der Waals surface area contributed by atoms with E-state index in [9.17, 15) is 0 Å². The van der Waals surface area contributed by atoms with Crippen LogP contribution in [0, 0.1) is 63.1 Å². The molecule has 0 saturated heterocycles. The quantitative estimate of drug-likeness (QED) is 0.0870. The van der Waals surface area contributed by atoms with E-state index in [-0.39, 0.29) is 3.55 Å². The third-order valence-electron chi connectivity index (χ3n) is 14.4. The summed E-state index contributed by atoms with van der Waals surface area (Å²) < 4.78 is 0.122. The summed E-state index contributed by atoms with van der Waals surface area (Å²) in [7, 11) is 2.23. The van der Waals surface area contributed by atoms with Gasteiger partial charge in [-0.25, -0.2) is 0 Å². The van der Waals surface area contributed by atoms with Crippen LogP contribution in [-0.2, 0) is 0 Å². The first-order chi connectivity index (χ1) is 20.0. The minimum Gasteiger partial charge on any atom is -0.306 e. The lowest BCUT2D eigenvalue weighted by Gasteiger charge is -2.61. The Balaban J connectivity index is 1.50. The molecule has 1 N–H and O–H groups in total. The zero-order valence-electron chi connectivity index (χ0n) is 30.8. The number of alkyl halides is 1. The number of nitrogens with one attached hydrogen (secondary N) is 1. The molecule has 0 heterocycles. The zero-order chi connectivity index (χ0) is 31.8. The van der Waals surface area contributed by atoms with Crippen LogP contribution in [0.2, 0.25) is 0 Å². The largest absolute Gasteiger partial charge is 0.306 e. The van der Waals surface area contributed by atoms with E-state index < -0.39 is 0 Å². The van der Waals surface area contributed by atoms with Crippen LogP contribution in [0.3, 0.4) is 0 Å². The van der Waals surface area contributed by atoms with Gasteiger partial charge in [-0.3, -0.25) is 0 Å². The molecule has 4 aliphatic rings. The Labute approximate surface area is 283 Å². The van der Waals surface area contributed by atoms with Gasteiger partial charge in [0.05, 0.1) is 3.55 Å². The Morgan fingerprint density at radius 2 is 1.63 bits per heavy atom. The minimum absolute atomic E-state index is 0.122. The highest BCUT2D eigenvalue weighted by Crippen LogP contribution is 2.68.